The SMILES string of the molecule is OCc1cc(F)cc(N2CCCCCCC2)c1. The molecule has 1 saturated heterocycles. The first-order chi connectivity index (χ1) is 8.29. The lowest BCUT2D eigenvalue weighted by Gasteiger charge is -2.27. The average Bonchev–Trinajstić information content (AvgIpc) is 2.27. The summed E-state index contributed by atoms with van der Waals surface area (Å²) in [4.78, 5) is 2.24. The van der Waals surface area contributed by atoms with Crippen LogP contribution in [0.15, 0.2) is 18.2 Å². The molecule has 2 rings (SSSR count). The molecule has 2 nitrogen and oxygen atoms in total. The first kappa shape index (κ1) is 12.4. The fraction of sp³-hybridized carbons (Fsp3) is 0.571. The van der Waals surface area contributed by atoms with Crippen LogP contribution in [0.2, 0.25) is 0 Å². The van der Waals surface area contributed by atoms with E-state index in [4.69, 9.17) is 5.11 Å². The molecule has 0 aliphatic carbocycles. The summed E-state index contributed by atoms with van der Waals surface area (Å²) >= 11 is 0. The normalized spacial score (nSPS) is 17.6. The highest BCUT2D eigenvalue weighted by Crippen LogP contribution is 2.22. The minimum Gasteiger partial charge on any atom is -0.392 e. The predicted octanol–water partition coefficient (Wildman–Crippen LogP) is 3.09. The Morgan fingerprint density at radius 3 is 2.29 bits per heavy atom. The molecule has 17 heavy (non-hydrogen) atoms. The summed E-state index contributed by atoms with van der Waals surface area (Å²) in [5.74, 6) is -0.256. The Bertz CT molecular complexity index is 359. The van der Waals surface area contributed by atoms with Gasteiger partial charge in [-0.05, 0) is 36.6 Å². The Balaban J connectivity index is 2.15. The molecule has 0 aromatic heterocycles. The number of halogens is 1. The molecule has 0 radical (unpaired) electrons. The van der Waals surface area contributed by atoms with Crippen LogP contribution in [-0.4, -0.2) is 18.2 Å². The Labute approximate surface area is 102 Å². The summed E-state index contributed by atoms with van der Waals surface area (Å²) in [6, 6.07) is 4.86. The highest BCUT2D eigenvalue weighted by Gasteiger charge is 2.10. The van der Waals surface area contributed by atoms with Crippen LogP contribution in [0.1, 0.15) is 37.7 Å². The van der Waals surface area contributed by atoms with Gasteiger partial charge in [-0.3, -0.25) is 0 Å². The quantitative estimate of drug-likeness (QED) is 0.854. The lowest BCUT2D eigenvalue weighted by Crippen LogP contribution is -2.27. The van der Waals surface area contributed by atoms with Crippen LogP contribution >= 0.6 is 0 Å². The molecule has 1 aliphatic heterocycles. The van der Waals surface area contributed by atoms with E-state index >= 15 is 0 Å². The van der Waals surface area contributed by atoms with Gasteiger partial charge in [0, 0.05) is 18.8 Å². The number of rotatable bonds is 2. The van der Waals surface area contributed by atoms with Gasteiger partial charge in [0.15, 0.2) is 0 Å². The van der Waals surface area contributed by atoms with Crippen molar-refractivity contribution >= 4 is 5.69 Å². The van der Waals surface area contributed by atoms with E-state index in [2.05, 4.69) is 4.90 Å². The van der Waals surface area contributed by atoms with E-state index in [1.54, 1.807) is 6.07 Å². The van der Waals surface area contributed by atoms with Crippen LogP contribution in [0, 0.1) is 5.82 Å². The summed E-state index contributed by atoms with van der Waals surface area (Å²) in [6.07, 6.45) is 6.19. The van der Waals surface area contributed by atoms with E-state index in [0.29, 0.717) is 5.56 Å². The number of aliphatic hydroxyl groups excluding tert-OH is 1. The molecule has 0 atom stereocenters. The zero-order valence-corrected chi connectivity index (χ0v) is 10.2. The monoisotopic (exact) mass is 237 g/mol. The van der Waals surface area contributed by atoms with Gasteiger partial charge in [-0.25, -0.2) is 4.39 Å². The third-order valence-electron chi connectivity index (χ3n) is 3.35. The van der Waals surface area contributed by atoms with Crippen molar-refractivity contribution in [3.8, 4) is 0 Å². The van der Waals surface area contributed by atoms with Crippen LogP contribution in [0.5, 0.6) is 0 Å². The van der Waals surface area contributed by atoms with Gasteiger partial charge < -0.3 is 10.0 Å². The van der Waals surface area contributed by atoms with Crippen LogP contribution in [0.25, 0.3) is 0 Å². The van der Waals surface area contributed by atoms with E-state index in [0.717, 1.165) is 18.8 Å². The predicted molar refractivity (Wildman–Crippen MR) is 67.6 cm³/mol. The minimum absolute atomic E-state index is 0.0986. The van der Waals surface area contributed by atoms with Gasteiger partial charge in [-0.1, -0.05) is 19.3 Å². The summed E-state index contributed by atoms with van der Waals surface area (Å²) in [5, 5.41) is 9.10. The van der Waals surface area contributed by atoms with Crippen molar-refractivity contribution in [1.29, 1.82) is 0 Å². The van der Waals surface area contributed by atoms with E-state index < -0.39 is 0 Å². The highest BCUT2D eigenvalue weighted by molar-refractivity contribution is 5.49. The summed E-state index contributed by atoms with van der Waals surface area (Å²) in [6.45, 7) is 1.89. The summed E-state index contributed by atoms with van der Waals surface area (Å²) < 4.78 is 13.4. The van der Waals surface area contributed by atoms with Gasteiger partial charge in [-0.15, -0.1) is 0 Å². The van der Waals surface area contributed by atoms with Gasteiger partial charge >= 0.3 is 0 Å². The molecule has 1 heterocycles. The maximum Gasteiger partial charge on any atom is 0.125 e. The molecule has 0 saturated carbocycles. The third-order valence-corrected chi connectivity index (χ3v) is 3.35. The fourth-order valence-corrected chi connectivity index (χ4v) is 2.41. The fourth-order valence-electron chi connectivity index (χ4n) is 2.41. The first-order valence-electron chi connectivity index (χ1n) is 6.45. The second kappa shape index (κ2) is 6.01. The average molecular weight is 237 g/mol. The molecule has 1 aliphatic rings. The van der Waals surface area contributed by atoms with Gasteiger partial charge in [-0.2, -0.15) is 0 Å². The lowest BCUT2D eigenvalue weighted by molar-refractivity contribution is 0.281. The van der Waals surface area contributed by atoms with Crippen LogP contribution < -0.4 is 4.90 Å². The largest absolute Gasteiger partial charge is 0.392 e. The molecule has 1 aromatic carbocycles. The highest BCUT2D eigenvalue weighted by atomic mass is 19.1. The second-order valence-corrected chi connectivity index (χ2v) is 4.73. The van der Waals surface area contributed by atoms with Gasteiger partial charge in [0.05, 0.1) is 6.61 Å². The lowest BCUT2D eigenvalue weighted by atomic mass is 10.1. The second-order valence-electron chi connectivity index (χ2n) is 4.73. The molecular weight excluding hydrogens is 217 g/mol. The van der Waals surface area contributed by atoms with Crippen molar-refractivity contribution in [2.24, 2.45) is 0 Å². The Hall–Kier alpha value is -1.09. The molecular formula is C14H20FNO. The maximum atomic E-state index is 13.4. The topological polar surface area (TPSA) is 23.5 Å². The molecule has 3 heteroatoms. The smallest absolute Gasteiger partial charge is 0.125 e. The van der Waals surface area contributed by atoms with Gasteiger partial charge in [0.1, 0.15) is 5.82 Å². The zero-order valence-electron chi connectivity index (χ0n) is 10.2. The molecule has 0 spiro atoms. The molecule has 1 N–H and O–H groups in total. The molecule has 0 unspecified atom stereocenters. The van der Waals surface area contributed by atoms with E-state index in [1.165, 1.54) is 38.2 Å². The standard InChI is InChI=1S/C14H20FNO/c15-13-8-12(11-17)9-14(10-13)16-6-4-2-1-3-5-7-16/h8-10,17H,1-7,11H2. The van der Waals surface area contributed by atoms with Gasteiger partial charge in [0.25, 0.3) is 0 Å². The van der Waals surface area contributed by atoms with Crippen molar-refractivity contribution in [1.82, 2.24) is 0 Å². The molecule has 1 aromatic rings. The van der Waals surface area contributed by atoms with Crippen molar-refractivity contribution < 1.29 is 9.50 Å². The number of anilines is 1. The summed E-state index contributed by atoms with van der Waals surface area (Å²) in [7, 11) is 0. The number of nitrogens with zero attached hydrogens (tertiary/aromatic N) is 1. The van der Waals surface area contributed by atoms with E-state index in [1.807, 2.05) is 6.07 Å². The maximum absolute atomic E-state index is 13.4. The Kier molecular flexibility index (Phi) is 4.37. The zero-order chi connectivity index (χ0) is 12.1. The van der Waals surface area contributed by atoms with Crippen molar-refractivity contribution in [2.45, 2.75) is 38.7 Å². The Morgan fingerprint density at radius 2 is 1.65 bits per heavy atom. The number of aliphatic hydroxyl groups is 1. The molecule has 0 bridgehead atoms. The number of hydrogen-bond donors (Lipinski definition) is 1. The van der Waals surface area contributed by atoms with Crippen molar-refractivity contribution in [3.63, 3.8) is 0 Å². The van der Waals surface area contributed by atoms with Crippen LogP contribution in [-0.2, 0) is 6.61 Å². The minimum atomic E-state index is -0.256. The molecule has 94 valence electrons. The van der Waals surface area contributed by atoms with E-state index in [9.17, 15) is 4.39 Å². The van der Waals surface area contributed by atoms with Crippen molar-refractivity contribution in [2.75, 3.05) is 18.0 Å². The number of benzene rings is 1. The van der Waals surface area contributed by atoms with E-state index in [-0.39, 0.29) is 12.4 Å². The first-order valence-corrected chi connectivity index (χ1v) is 6.45. The third kappa shape index (κ3) is 3.43. The van der Waals surface area contributed by atoms with Gasteiger partial charge in [0.2, 0.25) is 0 Å². The van der Waals surface area contributed by atoms with Crippen LogP contribution in [0.4, 0.5) is 10.1 Å². The Morgan fingerprint density at radius 1 is 1.00 bits per heavy atom. The molecule has 1 fully saturated rings. The van der Waals surface area contributed by atoms with Crippen LogP contribution in [0.3, 0.4) is 0 Å². The number of hydrogen-bond acceptors (Lipinski definition) is 2. The summed E-state index contributed by atoms with van der Waals surface area (Å²) in [5.41, 5.74) is 1.57. The van der Waals surface area contributed by atoms with Crippen molar-refractivity contribution in [3.05, 3.63) is 29.6 Å². The molecule has 0 amide bonds.